The van der Waals surface area contributed by atoms with E-state index in [4.69, 9.17) is 0 Å². The normalized spacial score (nSPS) is 11.1. The Morgan fingerprint density at radius 2 is 1.84 bits per heavy atom. The molecule has 2 heterocycles. The lowest BCUT2D eigenvalue weighted by atomic mass is 10.2. The number of fused-ring (bicyclic) bond motifs is 1. The molecule has 0 unspecified atom stereocenters. The predicted molar refractivity (Wildman–Crippen MR) is 125 cm³/mol. The Labute approximate surface area is 187 Å². The van der Waals surface area contributed by atoms with E-state index in [0.29, 0.717) is 16.9 Å². The second-order valence-corrected chi connectivity index (χ2v) is 8.42. The summed E-state index contributed by atoms with van der Waals surface area (Å²) in [5, 5.41) is 7.69. The zero-order valence-electron chi connectivity index (χ0n) is 17.5. The number of hydrogen-bond acceptors (Lipinski definition) is 4. The van der Waals surface area contributed by atoms with Crippen molar-refractivity contribution in [3.63, 3.8) is 0 Å². The fraction of sp³-hybridized carbons (Fsp3) is 0.217. The highest BCUT2D eigenvalue weighted by Crippen LogP contribution is 2.20. The van der Waals surface area contributed by atoms with Crippen LogP contribution >= 0.6 is 15.9 Å². The van der Waals surface area contributed by atoms with E-state index in [9.17, 15) is 9.59 Å². The summed E-state index contributed by atoms with van der Waals surface area (Å²) in [7, 11) is 0. The second-order valence-electron chi connectivity index (χ2n) is 7.50. The van der Waals surface area contributed by atoms with Gasteiger partial charge in [-0.25, -0.2) is 9.67 Å². The van der Waals surface area contributed by atoms with Crippen molar-refractivity contribution in [2.75, 3.05) is 5.32 Å². The summed E-state index contributed by atoms with van der Waals surface area (Å²) in [5.41, 5.74) is 4.01. The number of rotatable bonds is 5. The van der Waals surface area contributed by atoms with Gasteiger partial charge in [0.05, 0.1) is 11.9 Å². The van der Waals surface area contributed by atoms with Crippen LogP contribution in [-0.4, -0.2) is 25.2 Å². The van der Waals surface area contributed by atoms with Gasteiger partial charge in [0, 0.05) is 23.1 Å². The van der Waals surface area contributed by atoms with Crippen molar-refractivity contribution in [2.45, 2.75) is 33.7 Å². The molecule has 0 fully saturated rings. The first-order chi connectivity index (χ1) is 14.8. The molecule has 0 aliphatic heterocycles. The van der Waals surface area contributed by atoms with E-state index in [1.54, 1.807) is 11.6 Å². The van der Waals surface area contributed by atoms with Gasteiger partial charge in [0.2, 0.25) is 5.91 Å². The molecule has 8 heteroatoms. The molecule has 1 N–H and O–H groups in total. The lowest BCUT2D eigenvalue weighted by Gasteiger charge is -2.12. The molecular formula is C23H22BrN5O2. The lowest BCUT2D eigenvalue weighted by molar-refractivity contribution is -0.116. The van der Waals surface area contributed by atoms with Crippen LogP contribution in [0.15, 0.2) is 57.9 Å². The van der Waals surface area contributed by atoms with Crippen LogP contribution in [0.3, 0.4) is 0 Å². The molecule has 4 aromatic rings. The van der Waals surface area contributed by atoms with Crippen molar-refractivity contribution in [2.24, 2.45) is 0 Å². The van der Waals surface area contributed by atoms with Crippen molar-refractivity contribution in [1.82, 2.24) is 19.3 Å². The molecule has 0 aliphatic rings. The third-order valence-corrected chi connectivity index (χ3v) is 5.67. The molecule has 2 aromatic heterocycles. The van der Waals surface area contributed by atoms with Crippen LogP contribution in [-0.2, 0) is 11.3 Å². The Kier molecular flexibility index (Phi) is 5.73. The molecule has 2 aromatic carbocycles. The van der Waals surface area contributed by atoms with E-state index in [1.807, 2.05) is 56.3 Å². The minimum atomic E-state index is -0.200. The van der Waals surface area contributed by atoms with E-state index in [-0.39, 0.29) is 24.4 Å². The van der Waals surface area contributed by atoms with Gasteiger partial charge in [-0.2, -0.15) is 5.10 Å². The zero-order chi connectivity index (χ0) is 22.1. The molecule has 0 atom stereocenters. The van der Waals surface area contributed by atoms with Crippen LogP contribution in [0.1, 0.15) is 23.4 Å². The fourth-order valence-electron chi connectivity index (χ4n) is 3.44. The molecule has 0 bridgehead atoms. The molecular weight excluding hydrogens is 458 g/mol. The number of hydrogen-bond donors (Lipinski definition) is 1. The summed E-state index contributed by atoms with van der Waals surface area (Å²) in [6.07, 6.45) is 1.70. The van der Waals surface area contributed by atoms with Crippen LogP contribution in [0, 0.1) is 20.8 Å². The Morgan fingerprint density at radius 1 is 1.10 bits per heavy atom. The highest BCUT2D eigenvalue weighted by atomic mass is 79.9. The van der Waals surface area contributed by atoms with Crippen molar-refractivity contribution in [1.29, 1.82) is 0 Å². The Morgan fingerprint density at radius 3 is 2.55 bits per heavy atom. The van der Waals surface area contributed by atoms with Gasteiger partial charge in [-0.3, -0.25) is 14.2 Å². The van der Waals surface area contributed by atoms with Gasteiger partial charge in [-0.05, 0) is 56.7 Å². The number of anilines is 1. The summed E-state index contributed by atoms with van der Waals surface area (Å²) in [5.74, 6) is 0.381. The van der Waals surface area contributed by atoms with Gasteiger partial charge in [0.15, 0.2) is 5.65 Å². The maximum atomic E-state index is 13.0. The molecule has 0 radical (unpaired) electrons. The number of amides is 1. The summed E-state index contributed by atoms with van der Waals surface area (Å²) in [4.78, 5) is 30.1. The molecule has 4 rings (SSSR count). The second kappa shape index (κ2) is 8.47. The summed E-state index contributed by atoms with van der Waals surface area (Å²) in [6.45, 7) is 5.95. The summed E-state index contributed by atoms with van der Waals surface area (Å²) < 4.78 is 4.14. The van der Waals surface area contributed by atoms with Gasteiger partial charge < -0.3 is 5.32 Å². The summed E-state index contributed by atoms with van der Waals surface area (Å²) in [6, 6.07) is 13.5. The highest BCUT2D eigenvalue weighted by molar-refractivity contribution is 9.10. The smallest absolute Gasteiger partial charge is 0.264 e. The summed E-state index contributed by atoms with van der Waals surface area (Å²) >= 11 is 3.41. The van der Waals surface area contributed by atoms with Crippen LogP contribution in [0.4, 0.5) is 5.69 Å². The van der Waals surface area contributed by atoms with Gasteiger partial charge >= 0.3 is 0 Å². The number of nitrogens with zero attached hydrogens (tertiary/aromatic N) is 4. The van der Waals surface area contributed by atoms with Gasteiger partial charge in [0.1, 0.15) is 11.2 Å². The molecule has 7 nitrogen and oxygen atoms in total. The third kappa shape index (κ3) is 4.29. The quantitative estimate of drug-likeness (QED) is 0.462. The molecule has 0 aliphatic carbocycles. The average Bonchev–Trinajstić information content (AvgIpc) is 3.14. The van der Waals surface area contributed by atoms with Crippen molar-refractivity contribution in [3.05, 3.63) is 80.4 Å². The van der Waals surface area contributed by atoms with Crippen molar-refractivity contribution in [3.8, 4) is 5.69 Å². The minimum Gasteiger partial charge on any atom is -0.326 e. The van der Waals surface area contributed by atoms with Crippen LogP contribution in [0.25, 0.3) is 16.7 Å². The number of aryl methyl sites for hydroxylation is 3. The standard InChI is InChI=1S/C23H22BrN5O2/c1-14-4-7-18(8-5-14)29-22-19(13-25-29)23(31)28(16(3)26-22)11-10-21(30)27-20-9-6-17(24)12-15(20)2/h4-9,12-13H,10-11H2,1-3H3,(H,27,30). The number of nitrogens with one attached hydrogen (secondary N) is 1. The van der Waals surface area contributed by atoms with Gasteiger partial charge in [-0.15, -0.1) is 0 Å². The number of benzene rings is 2. The number of carbonyl (C=O) groups is 1. The van der Waals surface area contributed by atoms with E-state index < -0.39 is 0 Å². The van der Waals surface area contributed by atoms with E-state index in [2.05, 4.69) is 31.3 Å². The first-order valence-corrected chi connectivity index (χ1v) is 10.7. The third-order valence-electron chi connectivity index (χ3n) is 5.18. The minimum absolute atomic E-state index is 0.160. The van der Waals surface area contributed by atoms with Gasteiger partial charge in [0.25, 0.3) is 5.56 Å². The predicted octanol–water partition coefficient (Wildman–Crippen LogP) is 4.30. The Hall–Kier alpha value is -3.26. The maximum Gasteiger partial charge on any atom is 0.264 e. The molecule has 0 saturated carbocycles. The zero-order valence-corrected chi connectivity index (χ0v) is 19.1. The maximum absolute atomic E-state index is 13.0. The largest absolute Gasteiger partial charge is 0.326 e. The topological polar surface area (TPSA) is 81.8 Å². The molecule has 158 valence electrons. The lowest BCUT2D eigenvalue weighted by Crippen LogP contribution is -2.26. The highest BCUT2D eigenvalue weighted by Gasteiger charge is 2.15. The number of halogens is 1. The SMILES string of the molecule is Cc1ccc(-n2ncc3c(=O)n(CCC(=O)Nc4ccc(Br)cc4C)c(C)nc32)cc1. The first-order valence-electron chi connectivity index (χ1n) is 9.91. The Balaban J connectivity index is 1.56. The molecule has 1 amide bonds. The van der Waals surface area contributed by atoms with E-state index >= 15 is 0 Å². The van der Waals surface area contributed by atoms with E-state index in [0.717, 1.165) is 27.0 Å². The van der Waals surface area contributed by atoms with E-state index in [1.165, 1.54) is 10.8 Å². The average molecular weight is 480 g/mol. The fourth-order valence-corrected chi connectivity index (χ4v) is 3.91. The number of carbonyl (C=O) groups excluding carboxylic acids is 1. The van der Waals surface area contributed by atoms with Crippen molar-refractivity contribution >= 4 is 38.6 Å². The monoisotopic (exact) mass is 479 g/mol. The van der Waals surface area contributed by atoms with Crippen LogP contribution < -0.4 is 10.9 Å². The van der Waals surface area contributed by atoms with Gasteiger partial charge in [-0.1, -0.05) is 33.6 Å². The van der Waals surface area contributed by atoms with Crippen molar-refractivity contribution < 1.29 is 4.79 Å². The number of aromatic nitrogens is 4. The Bertz CT molecular complexity index is 1340. The first kappa shape index (κ1) is 21.0. The molecule has 31 heavy (non-hydrogen) atoms. The van der Waals surface area contributed by atoms with Crippen LogP contribution in [0.2, 0.25) is 0 Å². The van der Waals surface area contributed by atoms with Crippen LogP contribution in [0.5, 0.6) is 0 Å². The molecule has 0 spiro atoms. The molecule has 0 saturated heterocycles.